The number of carbonyl (C=O) groups excluding carboxylic acids is 1. The predicted molar refractivity (Wildman–Crippen MR) is 90.7 cm³/mol. The molecule has 2 aromatic carbocycles. The van der Waals surface area contributed by atoms with Crippen LogP contribution in [0.3, 0.4) is 0 Å². The van der Waals surface area contributed by atoms with Crippen LogP contribution >= 0.6 is 0 Å². The number of carbonyl (C=O) groups is 1. The van der Waals surface area contributed by atoms with Gasteiger partial charge < -0.3 is 14.8 Å². The summed E-state index contributed by atoms with van der Waals surface area (Å²) in [4.78, 5) is 12.0. The van der Waals surface area contributed by atoms with Gasteiger partial charge in [0.15, 0.2) is 11.5 Å². The number of nitrogens with one attached hydrogen (secondary N) is 1. The van der Waals surface area contributed by atoms with Crippen LogP contribution in [0.25, 0.3) is 0 Å². The second-order valence-electron chi connectivity index (χ2n) is 5.30. The summed E-state index contributed by atoms with van der Waals surface area (Å²) in [6.45, 7) is 2.46. The van der Waals surface area contributed by atoms with Gasteiger partial charge in [0.05, 0.1) is 19.8 Å². The Labute approximate surface area is 137 Å². The fraction of sp³-hybridized carbons (Fsp3) is 0.316. The van der Waals surface area contributed by atoms with Gasteiger partial charge in [-0.3, -0.25) is 4.79 Å². The van der Waals surface area contributed by atoms with Gasteiger partial charge in [0, 0.05) is 6.42 Å². The third-order valence-electron chi connectivity index (χ3n) is 3.55. The van der Waals surface area contributed by atoms with E-state index < -0.39 is 0 Å². The fourth-order valence-corrected chi connectivity index (χ4v) is 2.29. The molecule has 4 nitrogen and oxygen atoms in total. The summed E-state index contributed by atoms with van der Waals surface area (Å²) in [6.07, 6.45) is 1.09. The number of amides is 1. The van der Waals surface area contributed by atoms with Crippen molar-refractivity contribution in [2.75, 3.05) is 13.7 Å². The van der Waals surface area contributed by atoms with E-state index in [1.165, 1.54) is 0 Å². The maximum atomic E-state index is 12.0. The zero-order valence-electron chi connectivity index (χ0n) is 13.6. The van der Waals surface area contributed by atoms with Crippen molar-refractivity contribution in [3.05, 3.63) is 60.2 Å². The largest absolute Gasteiger partial charge is 0.493 e. The molecule has 1 amide bonds. The Morgan fingerprint density at radius 3 is 2.39 bits per heavy atom. The van der Waals surface area contributed by atoms with Gasteiger partial charge in [-0.1, -0.05) is 42.5 Å². The second kappa shape index (κ2) is 8.83. The van der Waals surface area contributed by atoms with Crippen molar-refractivity contribution >= 4 is 5.91 Å². The Hall–Kier alpha value is -2.49. The smallest absolute Gasteiger partial charge is 0.220 e. The topological polar surface area (TPSA) is 47.6 Å². The summed E-state index contributed by atoms with van der Waals surface area (Å²) in [5.74, 6) is 1.44. The fourth-order valence-electron chi connectivity index (χ4n) is 2.29. The van der Waals surface area contributed by atoms with E-state index in [0.717, 1.165) is 5.56 Å². The normalized spacial score (nSPS) is 11.6. The lowest BCUT2D eigenvalue weighted by Crippen LogP contribution is -2.26. The maximum absolute atomic E-state index is 12.0. The molecule has 0 heterocycles. The van der Waals surface area contributed by atoms with E-state index in [1.54, 1.807) is 7.11 Å². The van der Waals surface area contributed by atoms with Crippen LogP contribution < -0.4 is 14.8 Å². The highest BCUT2D eigenvalue weighted by Crippen LogP contribution is 2.25. The van der Waals surface area contributed by atoms with Crippen LogP contribution in [-0.2, 0) is 4.79 Å². The third-order valence-corrected chi connectivity index (χ3v) is 3.55. The van der Waals surface area contributed by atoms with Gasteiger partial charge in [-0.25, -0.2) is 0 Å². The molecular formula is C19H23NO3. The Bertz CT molecular complexity index is 613. The Morgan fingerprint density at radius 1 is 1.04 bits per heavy atom. The molecule has 1 atom stereocenters. The van der Waals surface area contributed by atoms with Crippen molar-refractivity contribution in [1.82, 2.24) is 5.32 Å². The summed E-state index contributed by atoms with van der Waals surface area (Å²) in [6, 6.07) is 17.4. The molecule has 0 saturated carbocycles. The first kappa shape index (κ1) is 16.9. The van der Waals surface area contributed by atoms with Crippen LogP contribution in [0.1, 0.15) is 31.4 Å². The predicted octanol–water partition coefficient (Wildman–Crippen LogP) is 3.73. The molecule has 0 spiro atoms. The van der Waals surface area contributed by atoms with Gasteiger partial charge >= 0.3 is 0 Å². The summed E-state index contributed by atoms with van der Waals surface area (Å²) in [5, 5.41) is 3.00. The van der Waals surface area contributed by atoms with E-state index >= 15 is 0 Å². The lowest BCUT2D eigenvalue weighted by molar-refractivity contribution is -0.121. The molecule has 4 heteroatoms. The number of ether oxygens (including phenoxy) is 2. The Kier molecular flexibility index (Phi) is 6.48. The van der Waals surface area contributed by atoms with Gasteiger partial charge in [0.25, 0.3) is 0 Å². The molecule has 1 N–H and O–H groups in total. The summed E-state index contributed by atoms with van der Waals surface area (Å²) in [5.41, 5.74) is 1.10. The van der Waals surface area contributed by atoms with Gasteiger partial charge in [-0.2, -0.15) is 0 Å². The molecule has 0 bridgehead atoms. The highest BCUT2D eigenvalue weighted by atomic mass is 16.5. The highest BCUT2D eigenvalue weighted by molar-refractivity contribution is 5.76. The minimum absolute atomic E-state index is 0.0128. The van der Waals surface area contributed by atoms with Crippen LogP contribution in [0, 0.1) is 0 Å². The van der Waals surface area contributed by atoms with Crippen LogP contribution in [0.15, 0.2) is 54.6 Å². The van der Waals surface area contributed by atoms with Crippen LogP contribution in [0.5, 0.6) is 11.5 Å². The first-order valence-corrected chi connectivity index (χ1v) is 7.81. The molecule has 0 aliphatic carbocycles. The Balaban J connectivity index is 1.71. The molecule has 0 aromatic heterocycles. The van der Waals surface area contributed by atoms with E-state index in [9.17, 15) is 4.79 Å². The van der Waals surface area contributed by atoms with Crippen molar-refractivity contribution in [3.63, 3.8) is 0 Å². The van der Waals surface area contributed by atoms with Crippen LogP contribution in [-0.4, -0.2) is 19.6 Å². The molecular weight excluding hydrogens is 290 g/mol. The first-order valence-electron chi connectivity index (χ1n) is 7.81. The van der Waals surface area contributed by atoms with E-state index in [1.807, 2.05) is 61.5 Å². The number of hydrogen-bond acceptors (Lipinski definition) is 3. The minimum atomic E-state index is 0.0128. The quantitative estimate of drug-likeness (QED) is 0.755. The molecule has 23 heavy (non-hydrogen) atoms. The number of hydrogen-bond donors (Lipinski definition) is 1. The van der Waals surface area contributed by atoms with E-state index in [4.69, 9.17) is 9.47 Å². The summed E-state index contributed by atoms with van der Waals surface area (Å²) in [7, 11) is 1.61. The molecule has 0 unspecified atom stereocenters. The van der Waals surface area contributed by atoms with Gasteiger partial charge in [0.1, 0.15) is 0 Å². The molecule has 2 aromatic rings. The van der Waals surface area contributed by atoms with E-state index in [-0.39, 0.29) is 11.9 Å². The highest BCUT2D eigenvalue weighted by Gasteiger charge is 2.09. The summed E-state index contributed by atoms with van der Waals surface area (Å²) >= 11 is 0. The number of methoxy groups -OCH3 is 1. The van der Waals surface area contributed by atoms with Gasteiger partial charge in [0.2, 0.25) is 5.91 Å². The average molecular weight is 313 g/mol. The van der Waals surface area contributed by atoms with Gasteiger partial charge in [-0.05, 0) is 31.0 Å². The number of para-hydroxylation sites is 2. The van der Waals surface area contributed by atoms with Crippen molar-refractivity contribution in [1.29, 1.82) is 0 Å². The standard InChI is InChI=1S/C19H23NO3/c1-15(16-9-4-3-5-10-16)20-19(21)13-8-14-23-18-12-7-6-11-17(18)22-2/h3-7,9-12,15H,8,13-14H2,1-2H3,(H,20,21)/t15-/m0/s1. The molecule has 2 rings (SSSR count). The molecule has 0 aliphatic rings. The zero-order valence-corrected chi connectivity index (χ0v) is 13.6. The molecule has 0 aliphatic heterocycles. The van der Waals surface area contributed by atoms with Gasteiger partial charge in [-0.15, -0.1) is 0 Å². The second-order valence-corrected chi connectivity index (χ2v) is 5.30. The number of rotatable bonds is 8. The van der Waals surface area contributed by atoms with Crippen LogP contribution in [0.4, 0.5) is 0 Å². The lowest BCUT2D eigenvalue weighted by Gasteiger charge is -2.14. The van der Waals surface area contributed by atoms with E-state index in [0.29, 0.717) is 30.9 Å². The van der Waals surface area contributed by atoms with Crippen molar-refractivity contribution in [2.45, 2.75) is 25.8 Å². The third kappa shape index (κ3) is 5.33. The minimum Gasteiger partial charge on any atom is -0.493 e. The lowest BCUT2D eigenvalue weighted by atomic mass is 10.1. The monoisotopic (exact) mass is 313 g/mol. The SMILES string of the molecule is COc1ccccc1OCCCC(=O)N[C@@H](C)c1ccccc1. The first-order chi connectivity index (χ1) is 11.2. The van der Waals surface area contributed by atoms with Crippen molar-refractivity contribution in [2.24, 2.45) is 0 Å². The maximum Gasteiger partial charge on any atom is 0.220 e. The Morgan fingerprint density at radius 2 is 1.70 bits per heavy atom. The van der Waals surface area contributed by atoms with Crippen molar-refractivity contribution in [3.8, 4) is 11.5 Å². The molecule has 0 radical (unpaired) electrons. The summed E-state index contributed by atoms with van der Waals surface area (Å²) < 4.78 is 10.9. The van der Waals surface area contributed by atoms with Crippen LogP contribution in [0.2, 0.25) is 0 Å². The zero-order chi connectivity index (χ0) is 16.5. The molecule has 0 saturated heterocycles. The molecule has 122 valence electrons. The average Bonchev–Trinajstić information content (AvgIpc) is 2.59. The van der Waals surface area contributed by atoms with E-state index in [2.05, 4.69) is 5.32 Å². The molecule has 0 fully saturated rings. The number of benzene rings is 2. The van der Waals surface area contributed by atoms with Crippen molar-refractivity contribution < 1.29 is 14.3 Å².